The zero-order valence-corrected chi connectivity index (χ0v) is 5.33. The lowest BCUT2D eigenvalue weighted by Gasteiger charge is -1.80. The summed E-state index contributed by atoms with van der Waals surface area (Å²) in [7, 11) is 1.71. The third kappa shape index (κ3) is 2.58. The molecule has 0 aliphatic carbocycles. The van der Waals surface area contributed by atoms with Crippen molar-refractivity contribution < 1.29 is 4.57 Å². The van der Waals surface area contributed by atoms with Gasteiger partial charge in [-0.1, -0.05) is 4.67 Å². The third-order valence-electron chi connectivity index (χ3n) is 0.314. The Labute approximate surface area is 42.7 Å². The molecule has 6 heavy (non-hydrogen) atoms. The molecular formula is C2H6ClNOP+. The van der Waals surface area contributed by atoms with Gasteiger partial charge in [0, 0.05) is 14.1 Å². The molecule has 1 atom stereocenters. The fraction of sp³-hybridized carbons (Fsp3) is 1.00. The van der Waals surface area contributed by atoms with Gasteiger partial charge in [-0.3, -0.25) is 0 Å². The van der Waals surface area contributed by atoms with E-state index in [1.54, 1.807) is 14.1 Å². The van der Waals surface area contributed by atoms with Crippen molar-refractivity contribution in [1.29, 1.82) is 0 Å². The molecule has 1 unspecified atom stereocenters. The molecule has 0 aromatic rings. The van der Waals surface area contributed by atoms with Crippen LogP contribution in [0.3, 0.4) is 0 Å². The molecule has 0 radical (unpaired) electrons. The molecule has 2 nitrogen and oxygen atoms in total. The molecule has 36 valence electrons. The first-order valence-corrected chi connectivity index (χ1v) is 3.56. The van der Waals surface area contributed by atoms with Crippen molar-refractivity contribution in [3.63, 3.8) is 0 Å². The van der Waals surface area contributed by atoms with Gasteiger partial charge in [-0.15, -0.1) is 0 Å². The summed E-state index contributed by atoms with van der Waals surface area (Å²) < 4.78 is 11.4. The average Bonchev–Trinajstić information content (AvgIpc) is 1.36. The van der Waals surface area contributed by atoms with Crippen LogP contribution in [0.4, 0.5) is 0 Å². The van der Waals surface area contributed by atoms with Crippen molar-refractivity contribution in [2.45, 2.75) is 0 Å². The molecule has 0 spiro atoms. The minimum Gasteiger partial charge on any atom is -0.0862 e. The average molecular weight is 127 g/mol. The van der Waals surface area contributed by atoms with Crippen LogP contribution in [0.1, 0.15) is 0 Å². The van der Waals surface area contributed by atoms with Gasteiger partial charge in [-0.05, 0) is 4.57 Å². The molecule has 0 aromatic heterocycles. The summed E-state index contributed by atoms with van der Waals surface area (Å²) in [6.07, 6.45) is 0. The summed E-state index contributed by atoms with van der Waals surface area (Å²) in [4.78, 5) is 0. The Hall–Kier alpha value is 0.350. The summed E-state index contributed by atoms with van der Waals surface area (Å²) >= 11 is 5.05. The van der Waals surface area contributed by atoms with E-state index in [1.165, 1.54) is 4.67 Å². The summed E-state index contributed by atoms with van der Waals surface area (Å²) in [5.41, 5.74) is 0. The molecule has 0 heterocycles. The molecular weight excluding hydrogens is 120 g/mol. The topological polar surface area (TPSA) is 20.3 Å². The molecule has 0 fully saturated rings. The summed E-state index contributed by atoms with van der Waals surface area (Å²) in [5, 5.41) is 0. The summed E-state index contributed by atoms with van der Waals surface area (Å²) in [5.74, 6) is 0. The molecule has 0 amide bonds. The Balaban J connectivity index is 3.26. The normalized spacial score (nSPS) is 12.3. The quantitative estimate of drug-likeness (QED) is 0.496. The van der Waals surface area contributed by atoms with Crippen LogP contribution in [0.25, 0.3) is 0 Å². The molecule has 0 N–H and O–H groups in total. The SMILES string of the molecule is CN(C)[P+](=O)Cl. The van der Waals surface area contributed by atoms with Crippen LogP contribution in [0.15, 0.2) is 0 Å². The van der Waals surface area contributed by atoms with E-state index in [4.69, 9.17) is 11.2 Å². The van der Waals surface area contributed by atoms with E-state index >= 15 is 0 Å². The van der Waals surface area contributed by atoms with E-state index in [2.05, 4.69) is 0 Å². The summed E-state index contributed by atoms with van der Waals surface area (Å²) in [6, 6.07) is 0. The first-order valence-electron chi connectivity index (χ1n) is 1.45. The third-order valence-corrected chi connectivity index (χ3v) is 1.85. The maximum absolute atomic E-state index is 9.98. The van der Waals surface area contributed by atoms with E-state index in [-0.39, 0.29) is 0 Å². The van der Waals surface area contributed by atoms with Gasteiger partial charge in [-0.25, -0.2) is 0 Å². The highest BCUT2D eigenvalue weighted by Crippen LogP contribution is 2.27. The van der Waals surface area contributed by atoms with Gasteiger partial charge in [0.05, 0.1) is 0 Å². The largest absolute Gasteiger partial charge is 0.555 e. The maximum atomic E-state index is 9.98. The first kappa shape index (κ1) is 6.35. The van der Waals surface area contributed by atoms with Gasteiger partial charge >= 0.3 is 7.30 Å². The minimum absolute atomic E-state index is 1.44. The van der Waals surface area contributed by atoms with Gasteiger partial charge in [0.2, 0.25) is 11.2 Å². The van der Waals surface area contributed by atoms with Gasteiger partial charge in [0.25, 0.3) is 0 Å². The molecule has 0 saturated heterocycles. The lowest BCUT2D eigenvalue weighted by atomic mass is 11.3. The zero-order valence-electron chi connectivity index (χ0n) is 3.68. The standard InChI is InChI=1S/C2H6ClNOP/c1-4(2)6(3)5/h1-2H3/q+1. The Morgan fingerprint density at radius 2 is 1.83 bits per heavy atom. The van der Waals surface area contributed by atoms with Gasteiger partial charge in [0.1, 0.15) is 0 Å². The minimum atomic E-state index is -1.60. The van der Waals surface area contributed by atoms with E-state index in [0.29, 0.717) is 0 Å². The van der Waals surface area contributed by atoms with Crippen molar-refractivity contribution in [2.24, 2.45) is 0 Å². The number of hydrogen-bond acceptors (Lipinski definition) is 1. The fourth-order valence-corrected chi connectivity index (χ4v) is 0. The zero-order chi connectivity index (χ0) is 5.15. The Morgan fingerprint density at radius 1 is 1.67 bits per heavy atom. The van der Waals surface area contributed by atoms with E-state index in [1.807, 2.05) is 0 Å². The fourth-order valence-electron chi connectivity index (χ4n) is 0. The number of halogens is 1. The molecule has 0 rings (SSSR count). The van der Waals surface area contributed by atoms with E-state index in [9.17, 15) is 4.57 Å². The monoisotopic (exact) mass is 126 g/mol. The van der Waals surface area contributed by atoms with Gasteiger partial charge < -0.3 is 0 Å². The molecule has 0 aromatic carbocycles. The highest BCUT2D eigenvalue weighted by Gasteiger charge is 2.12. The Morgan fingerprint density at radius 3 is 1.83 bits per heavy atom. The van der Waals surface area contributed by atoms with Crippen LogP contribution in [-0.4, -0.2) is 18.8 Å². The maximum Gasteiger partial charge on any atom is 0.555 e. The van der Waals surface area contributed by atoms with Crippen molar-refractivity contribution in [3.05, 3.63) is 0 Å². The summed E-state index contributed by atoms with van der Waals surface area (Å²) in [6.45, 7) is 0. The first-order chi connectivity index (χ1) is 2.64. The van der Waals surface area contributed by atoms with Gasteiger partial charge in [0.15, 0.2) is 0 Å². The van der Waals surface area contributed by atoms with Crippen molar-refractivity contribution in [3.8, 4) is 0 Å². The second-order valence-electron chi connectivity index (χ2n) is 1.07. The van der Waals surface area contributed by atoms with Crippen LogP contribution in [-0.2, 0) is 4.57 Å². The number of hydrogen-bond donors (Lipinski definition) is 0. The van der Waals surface area contributed by atoms with E-state index in [0.717, 1.165) is 0 Å². The molecule has 0 aliphatic heterocycles. The second-order valence-corrected chi connectivity index (χ2v) is 3.19. The lowest BCUT2D eigenvalue weighted by Crippen LogP contribution is -1.94. The van der Waals surface area contributed by atoms with Crippen LogP contribution >= 0.6 is 18.5 Å². The molecule has 0 saturated carbocycles. The van der Waals surface area contributed by atoms with Gasteiger partial charge in [-0.2, -0.15) is 0 Å². The molecule has 0 aliphatic rings. The smallest absolute Gasteiger partial charge is 0.0862 e. The second kappa shape index (κ2) is 2.51. The number of nitrogens with zero attached hydrogens (tertiary/aromatic N) is 1. The van der Waals surface area contributed by atoms with Crippen molar-refractivity contribution in [2.75, 3.05) is 14.1 Å². The molecule has 0 bridgehead atoms. The van der Waals surface area contributed by atoms with E-state index < -0.39 is 7.30 Å². The Bertz CT molecular complexity index is 64.6. The highest BCUT2D eigenvalue weighted by molar-refractivity contribution is 7.71. The lowest BCUT2D eigenvalue weighted by molar-refractivity contribution is 0.547. The molecule has 4 heteroatoms. The van der Waals surface area contributed by atoms with Crippen molar-refractivity contribution in [1.82, 2.24) is 4.67 Å². The van der Waals surface area contributed by atoms with Crippen LogP contribution in [0, 0.1) is 0 Å². The highest BCUT2D eigenvalue weighted by atomic mass is 35.7. The predicted molar refractivity (Wildman–Crippen MR) is 27.1 cm³/mol. The van der Waals surface area contributed by atoms with Crippen LogP contribution in [0.5, 0.6) is 0 Å². The Kier molecular flexibility index (Phi) is 2.66. The predicted octanol–water partition coefficient (Wildman–Crippen LogP) is 1.44. The van der Waals surface area contributed by atoms with Crippen molar-refractivity contribution >= 4 is 18.5 Å². The van der Waals surface area contributed by atoms with Crippen LogP contribution < -0.4 is 0 Å². The van der Waals surface area contributed by atoms with Crippen LogP contribution in [0.2, 0.25) is 0 Å². The number of rotatable bonds is 1.